The Balaban J connectivity index is 1.67. The maximum Gasteiger partial charge on any atom is 0.294 e. The molecule has 7 nitrogen and oxygen atoms in total. The van der Waals surface area contributed by atoms with E-state index in [0.29, 0.717) is 6.42 Å². The molecule has 3 rings (SSSR count). The van der Waals surface area contributed by atoms with Gasteiger partial charge in [-0.1, -0.05) is 6.07 Å². The molecule has 1 unspecified atom stereocenters. The van der Waals surface area contributed by atoms with E-state index in [9.17, 15) is 22.8 Å². The number of thioether (sulfide) groups is 1. The van der Waals surface area contributed by atoms with Crippen molar-refractivity contribution in [1.29, 1.82) is 0 Å². The minimum absolute atomic E-state index is 0.0560. The van der Waals surface area contributed by atoms with E-state index in [1.165, 1.54) is 23.3 Å². The number of amides is 3. The minimum atomic E-state index is -3.11. The van der Waals surface area contributed by atoms with Crippen molar-refractivity contribution in [3.8, 4) is 0 Å². The van der Waals surface area contributed by atoms with Crippen LogP contribution >= 0.6 is 23.1 Å². The fourth-order valence-electron chi connectivity index (χ4n) is 2.67. The van der Waals surface area contributed by atoms with E-state index >= 15 is 0 Å². The van der Waals surface area contributed by atoms with E-state index in [4.69, 9.17) is 0 Å². The van der Waals surface area contributed by atoms with Crippen LogP contribution in [-0.4, -0.2) is 66.4 Å². The van der Waals surface area contributed by atoms with Crippen LogP contribution in [0.3, 0.4) is 0 Å². The van der Waals surface area contributed by atoms with Gasteiger partial charge in [0.1, 0.15) is 6.54 Å². The van der Waals surface area contributed by atoms with Crippen molar-refractivity contribution in [3.63, 3.8) is 0 Å². The number of carbonyl (C=O) groups excluding carboxylic acids is 3. The Hall–Kier alpha value is -1.65. The first-order valence-corrected chi connectivity index (χ1v) is 11.0. The van der Waals surface area contributed by atoms with Crippen molar-refractivity contribution in [2.45, 2.75) is 12.5 Å². The monoisotopic (exact) mass is 400 g/mol. The zero-order chi connectivity index (χ0) is 18.2. The van der Waals surface area contributed by atoms with Crippen molar-refractivity contribution < 1.29 is 22.8 Å². The van der Waals surface area contributed by atoms with Gasteiger partial charge in [-0.2, -0.15) is 0 Å². The summed E-state index contributed by atoms with van der Waals surface area (Å²) in [5.41, 5.74) is 0. The molecule has 2 saturated heterocycles. The number of thiophene rings is 1. The lowest BCUT2D eigenvalue weighted by molar-refractivity contribution is -0.136. The summed E-state index contributed by atoms with van der Waals surface area (Å²) >= 11 is 2.25. The zero-order valence-electron chi connectivity index (χ0n) is 13.4. The van der Waals surface area contributed by atoms with Gasteiger partial charge in [0, 0.05) is 18.0 Å². The molecule has 0 spiro atoms. The third-order valence-corrected chi connectivity index (χ3v) is 7.61. The molecule has 0 radical (unpaired) electrons. The third-order valence-electron chi connectivity index (χ3n) is 4.13. The molecule has 1 aromatic rings. The fourth-order valence-corrected chi connectivity index (χ4v) is 6.01. The molecule has 1 atom stereocenters. The van der Waals surface area contributed by atoms with Gasteiger partial charge < -0.3 is 4.90 Å². The van der Waals surface area contributed by atoms with E-state index < -0.39 is 32.9 Å². The maximum atomic E-state index is 12.4. The maximum absolute atomic E-state index is 12.4. The van der Waals surface area contributed by atoms with Crippen LogP contribution in [0, 0.1) is 0 Å². The molecule has 2 aliphatic heterocycles. The van der Waals surface area contributed by atoms with E-state index in [1.807, 2.05) is 17.5 Å². The van der Waals surface area contributed by atoms with Crippen molar-refractivity contribution in [3.05, 3.63) is 27.3 Å². The van der Waals surface area contributed by atoms with Crippen molar-refractivity contribution in [2.24, 2.45) is 0 Å². The molecule has 2 fully saturated rings. The van der Waals surface area contributed by atoms with Gasteiger partial charge >= 0.3 is 0 Å². The molecule has 0 N–H and O–H groups in total. The molecule has 0 aromatic carbocycles. The highest BCUT2D eigenvalue weighted by molar-refractivity contribution is 8.18. The van der Waals surface area contributed by atoms with E-state index in [-0.39, 0.29) is 23.0 Å². The molecule has 25 heavy (non-hydrogen) atoms. The lowest BCUT2D eigenvalue weighted by atomic mass is 10.2. The van der Waals surface area contributed by atoms with E-state index in [0.717, 1.165) is 21.5 Å². The number of rotatable bonds is 4. The molecule has 3 amide bonds. The number of nitrogens with zero attached hydrogens (tertiary/aromatic N) is 2. The first-order valence-electron chi connectivity index (χ1n) is 7.52. The first-order chi connectivity index (χ1) is 11.8. The lowest BCUT2D eigenvalue weighted by Gasteiger charge is -2.25. The third kappa shape index (κ3) is 3.96. The van der Waals surface area contributed by atoms with Gasteiger partial charge in [0.2, 0.25) is 5.91 Å². The Kier molecular flexibility index (Phi) is 5.03. The van der Waals surface area contributed by atoms with Gasteiger partial charge in [0.15, 0.2) is 9.84 Å². The van der Waals surface area contributed by atoms with Crippen LogP contribution in [0.5, 0.6) is 0 Å². The Morgan fingerprint density at radius 1 is 1.44 bits per heavy atom. The van der Waals surface area contributed by atoms with Gasteiger partial charge in [0.25, 0.3) is 11.1 Å². The van der Waals surface area contributed by atoms with Gasteiger partial charge in [0.05, 0.1) is 16.4 Å². The van der Waals surface area contributed by atoms with Crippen LogP contribution < -0.4 is 0 Å². The summed E-state index contributed by atoms with van der Waals surface area (Å²) in [5.74, 6) is -0.957. The minimum Gasteiger partial charge on any atom is -0.340 e. The molecule has 0 saturated carbocycles. The standard InChI is InChI=1S/C15H16N2O5S3/c1-16(10-4-6-25(21,22)9-10)13(18)8-17-14(19)12(24-15(17)20)7-11-3-2-5-23-11/h2-3,5,7,10H,4,6,8-9H2,1H3/b12-7-. The van der Waals surface area contributed by atoms with E-state index in [1.54, 1.807) is 6.08 Å². The summed E-state index contributed by atoms with van der Waals surface area (Å²) in [6.07, 6.45) is 2.01. The molecular weight excluding hydrogens is 384 g/mol. The van der Waals surface area contributed by atoms with E-state index in [2.05, 4.69) is 0 Å². The molecule has 1 aromatic heterocycles. The quantitative estimate of drug-likeness (QED) is 0.710. The summed E-state index contributed by atoms with van der Waals surface area (Å²) in [6, 6.07) is 3.27. The largest absolute Gasteiger partial charge is 0.340 e. The van der Waals surface area contributed by atoms with Crippen molar-refractivity contribution >= 4 is 56.1 Å². The predicted octanol–water partition coefficient (Wildman–Crippen LogP) is 1.43. The Morgan fingerprint density at radius 3 is 2.80 bits per heavy atom. The van der Waals surface area contributed by atoms with Crippen LogP contribution in [0.15, 0.2) is 22.4 Å². The molecule has 0 aliphatic carbocycles. The number of hydrogen-bond donors (Lipinski definition) is 0. The van der Waals surface area contributed by atoms with Crippen LogP contribution in [-0.2, 0) is 19.4 Å². The molecular formula is C15H16N2O5S3. The van der Waals surface area contributed by atoms with Gasteiger partial charge in [-0.25, -0.2) is 8.42 Å². The summed E-state index contributed by atoms with van der Waals surface area (Å²) in [5, 5.41) is 1.37. The molecule has 0 bridgehead atoms. The Morgan fingerprint density at radius 2 is 2.20 bits per heavy atom. The summed E-state index contributed by atoms with van der Waals surface area (Å²) < 4.78 is 23.1. The molecule has 10 heteroatoms. The van der Waals surface area contributed by atoms with Gasteiger partial charge in [-0.3, -0.25) is 19.3 Å². The molecule has 2 aliphatic rings. The highest BCUT2D eigenvalue weighted by Gasteiger charge is 2.39. The second-order valence-electron chi connectivity index (χ2n) is 5.84. The van der Waals surface area contributed by atoms with Gasteiger partial charge in [-0.15, -0.1) is 11.3 Å². The second-order valence-corrected chi connectivity index (χ2v) is 10.0. The SMILES string of the molecule is CN(C(=O)CN1C(=O)S/C(=C\c2cccs2)C1=O)C1CCS(=O)(=O)C1. The summed E-state index contributed by atoms with van der Waals surface area (Å²) in [7, 11) is -1.61. The zero-order valence-corrected chi connectivity index (χ0v) is 15.8. The summed E-state index contributed by atoms with van der Waals surface area (Å²) in [6.45, 7) is -0.376. The normalized spacial score (nSPS) is 24.3. The fraction of sp³-hybridized carbons (Fsp3) is 0.400. The highest BCUT2D eigenvalue weighted by Crippen LogP contribution is 2.33. The van der Waals surface area contributed by atoms with Crippen LogP contribution in [0.2, 0.25) is 0 Å². The van der Waals surface area contributed by atoms with Crippen LogP contribution in [0.1, 0.15) is 11.3 Å². The van der Waals surface area contributed by atoms with Crippen LogP contribution in [0.4, 0.5) is 4.79 Å². The number of sulfone groups is 1. The molecule has 3 heterocycles. The predicted molar refractivity (Wildman–Crippen MR) is 96.8 cm³/mol. The van der Waals surface area contributed by atoms with Gasteiger partial charge in [-0.05, 0) is 35.7 Å². The average molecular weight is 401 g/mol. The number of likely N-dealkylation sites (N-methyl/N-ethyl adjacent to an activating group) is 1. The smallest absolute Gasteiger partial charge is 0.294 e. The van der Waals surface area contributed by atoms with Crippen molar-refractivity contribution in [2.75, 3.05) is 25.1 Å². The Labute approximate surface area is 153 Å². The average Bonchev–Trinajstić information content (AvgIpc) is 3.24. The highest BCUT2D eigenvalue weighted by atomic mass is 32.2. The van der Waals surface area contributed by atoms with Crippen LogP contribution in [0.25, 0.3) is 6.08 Å². The second kappa shape index (κ2) is 6.93. The first kappa shape index (κ1) is 18.2. The topological polar surface area (TPSA) is 91.8 Å². The number of carbonyl (C=O) groups is 3. The number of hydrogen-bond acceptors (Lipinski definition) is 7. The number of imide groups is 1. The molecule has 134 valence electrons. The van der Waals surface area contributed by atoms with Crippen molar-refractivity contribution in [1.82, 2.24) is 9.80 Å². The lowest BCUT2D eigenvalue weighted by Crippen LogP contribution is -2.45. The Bertz CT molecular complexity index is 845. The summed E-state index contributed by atoms with van der Waals surface area (Å²) in [4.78, 5) is 40.2.